The third-order valence-electron chi connectivity index (χ3n) is 5.09. The maximum absolute atomic E-state index is 13.3. The average molecular weight is 366 g/mol. The van der Waals surface area contributed by atoms with Crippen molar-refractivity contribution in [2.75, 3.05) is 13.7 Å². The Labute approximate surface area is 157 Å². The summed E-state index contributed by atoms with van der Waals surface area (Å²) in [6.45, 7) is 0.802. The van der Waals surface area contributed by atoms with Gasteiger partial charge in [0.25, 0.3) is 5.91 Å². The molecule has 1 unspecified atom stereocenters. The quantitative estimate of drug-likeness (QED) is 0.650. The molecule has 0 aliphatic carbocycles. The molecule has 2 heterocycles. The first-order chi connectivity index (χ1) is 12.8. The van der Waals surface area contributed by atoms with E-state index in [1.165, 1.54) is 12.0 Å². The van der Waals surface area contributed by atoms with Gasteiger partial charge < -0.3 is 9.64 Å². The fraction of sp³-hybridized carbons (Fsp3) is 0.333. The topological polar surface area (TPSA) is 42.4 Å². The molecular weight excluding hydrogens is 344 g/mol. The zero-order valence-corrected chi connectivity index (χ0v) is 15.7. The highest BCUT2D eigenvalue weighted by Crippen LogP contribution is 2.33. The molecule has 1 amide bonds. The van der Waals surface area contributed by atoms with Crippen molar-refractivity contribution in [3.05, 3.63) is 59.1 Å². The molecular formula is C21H22N2O2S. The minimum absolute atomic E-state index is 0.114. The van der Waals surface area contributed by atoms with Gasteiger partial charge in [-0.3, -0.25) is 4.79 Å². The van der Waals surface area contributed by atoms with E-state index in [-0.39, 0.29) is 11.9 Å². The average Bonchev–Trinajstić information content (AvgIpc) is 3.02. The van der Waals surface area contributed by atoms with Crippen LogP contribution in [0.25, 0.3) is 10.2 Å². The standard InChI is InChI=1S/C21H22N2O2S/c1-25-17-9-6-15(7-10-17)19-5-3-2-4-12-23(19)21(24)16-8-11-18-20(13-16)26-14-22-18/h6-11,13-14,19H,2-5,12H2,1H3. The summed E-state index contributed by atoms with van der Waals surface area (Å²) in [5.74, 6) is 0.957. The zero-order valence-electron chi connectivity index (χ0n) is 14.9. The Morgan fingerprint density at radius 1 is 1.15 bits per heavy atom. The summed E-state index contributed by atoms with van der Waals surface area (Å²) in [6.07, 6.45) is 4.38. The summed E-state index contributed by atoms with van der Waals surface area (Å²) in [6, 6.07) is 14.1. The second kappa shape index (κ2) is 7.46. The number of benzene rings is 2. The third kappa shape index (κ3) is 3.31. The zero-order chi connectivity index (χ0) is 17.9. The van der Waals surface area contributed by atoms with Gasteiger partial charge in [-0.2, -0.15) is 0 Å². The van der Waals surface area contributed by atoms with E-state index in [1.54, 1.807) is 18.4 Å². The molecule has 26 heavy (non-hydrogen) atoms. The molecule has 1 aromatic heterocycles. The lowest BCUT2D eigenvalue weighted by atomic mass is 10.00. The number of carbonyl (C=O) groups is 1. The Kier molecular flexibility index (Phi) is 4.89. The number of likely N-dealkylation sites (tertiary alicyclic amines) is 1. The fourth-order valence-corrected chi connectivity index (χ4v) is 4.39. The summed E-state index contributed by atoms with van der Waals surface area (Å²) in [5.41, 5.74) is 4.71. The Morgan fingerprint density at radius 2 is 2.00 bits per heavy atom. The van der Waals surface area contributed by atoms with E-state index in [4.69, 9.17) is 4.74 Å². The monoisotopic (exact) mass is 366 g/mol. The van der Waals surface area contributed by atoms with Gasteiger partial charge >= 0.3 is 0 Å². The molecule has 1 aliphatic heterocycles. The maximum atomic E-state index is 13.3. The number of fused-ring (bicyclic) bond motifs is 1. The Balaban J connectivity index is 1.66. The summed E-state index contributed by atoms with van der Waals surface area (Å²) >= 11 is 1.58. The van der Waals surface area contributed by atoms with Gasteiger partial charge in [-0.1, -0.05) is 25.0 Å². The van der Waals surface area contributed by atoms with Crippen LogP contribution in [0.5, 0.6) is 5.75 Å². The van der Waals surface area contributed by atoms with E-state index in [1.807, 2.05) is 35.8 Å². The van der Waals surface area contributed by atoms with Crippen molar-refractivity contribution >= 4 is 27.5 Å². The van der Waals surface area contributed by atoms with Crippen LogP contribution in [0.15, 0.2) is 48.0 Å². The van der Waals surface area contributed by atoms with E-state index in [2.05, 4.69) is 22.0 Å². The summed E-state index contributed by atoms with van der Waals surface area (Å²) < 4.78 is 6.33. The van der Waals surface area contributed by atoms with E-state index in [0.29, 0.717) is 0 Å². The number of amides is 1. The Morgan fingerprint density at radius 3 is 2.81 bits per heavy atom. The van der Waals surface area contributed by atoms with Gasteiger partial charge in [0.15, 0.2) is 0 Å². The molecule has 4 rings (SSSR count). The number of nitrogens with zero attached hydrogens (tertiary/aromatic N) is 2. The van der Waals surface area contributed by atoms with Gasteiger partial charge in [-0.15, -0.1) is 11.3 Å². The molecule has 0 saturated carbocycles. The lowest BCUT2D eigenvalue weighted by Gasteiger charge is -2.30. The van der Waals surface area contributed by atoms with Crippen LogP contribution in [0, 0.1) is 0 Å². The van der Waals surface area contributed by atoms with E-state index in [9.17, 15) is 4.79 Å². The number of carbonyl (C=O) groups excluding carboxylic acids is 1. The number of aromatic nitrogens is 1. The molecule has 1 aliphatic rings. The fourth-order valence-electron chi connectivity index (χ4n) is 3.68. The number of rotatable bonds is 3. The van der Waals surface area contributed by atoms with E-state index in [0.717, 1.165) is 47.3 Å². The molecule has 0 N–H and O–H groups in total. The molecule has 1 saturated heterocycles. The SMILES string of the molecule is COc1ccc(C2CCCCCN2C(=O)c2ccc3ncsc3c2)cc1. The molecule has 0 radical (unpaired) electrons. The second-order valence-corrected chi connectivity index (χ2v) is 7.56. The van der Waals surface area contributed by atoms with Crippen molar-refractivity contribution in [2.45, 2.75) is 31.7 Å². The van der Waals surface area contributed by atoms with Gasteiger partial charge in [0, 0.05) is 12.1 Å². The minimum atomic E-state index is 0.114. The van der Waals surface area contributed by atoms with Crippen LogP contribution >= 0.6 is 11.3 Å². The Bertz CT molecular complexity index is 904. The normalized spacial score (nSPS) is 17.9. The van der Waals surface area contributed by atoms with Gasteiger partial charge in [-0.25, -0.2) is 4.98 Å². The summed E-state index contributed by atoms with van der Waals surface area (Å²) in [4.78, 5) is 19.7. The number of thiazole rings is 1. The molecule has 5 heteroatoms. The Hall–Kier alpha value is -2.40. The van der Waals surface area contributed by atoms with Crippen molar-refractivity contribution in [3.63, 3.8) is 0 Å². The van der Waals surface area contributed by atoms with Crippen LogP contribution in [0.3, 0.4) is 0 Å². The lowest BCUT2D eigenvalue weighted by Crippen LogP contribution is -2.34. The maximum Gasteiger partial charge on any atom is 0.254 e. The van der Waals surface area contributed by atoms with Gasteiger partial charge in [0.05, 0.1) is 28.9 Å². The highest BCUT2D eigenvalue weighted by molar-refractivity contribution is 7.16. The molecule has 1 atom stereocenters. The first kappa shape index (κ1) is 17.0. The van der Waals surface area contributed by atoms with Crippen molar-refractivity contribution in [2.24, 2.45) is 0 Å². The van der Waals surface area contributed by atoms with Crippen molar-refractivity contribution in [1.82, 2.24) is 9.88 Å². The highest BCUT2D eigenvalue weighted by Gasteiger charge is 2.27. The largest absolute Gasteiger partial charge is 0.497 e. The molecule has 3 aromatic rings. The lowest BCUT2D eigenvalue weighted by molar-refractivity contribution is 0.0681. The van der Waals surface area contributed by atoms with Crippen LogP contribution in [0.2, 0.25) is 0 Å². The first-order valence-electron chi connectivity index (χ1n) is 9.04. The number of hydrogen-bond acceptors (Lipinski definition) is 4. The number of methoxy groups -OCH3 is 1. The molecule has 4 nitrogen and oxygen atoms in total. The number of hydrogen-bond donors (Lipinski definition) is 0. The number of ether oxygens (including phenoxy) is 1. The van der Waals surface area contributed by atoms with Crippen molar-refractivity contribution in [3.8, 4) is 5.75 Å². The smallest absolute Gasteiger partial charge is 0.254 e. The van der Waals surface area contributed by atoms with Gasteiger partial charge in [0.2, 0.25) is 0 Å². The van der Waals surface area contributed by atoms with Crippen LogP contribution in [0.4, 0.5) is 0 Å². The van der Waals surface area contributed by atoms with Crippen molar-refractivity contribution in [1.29, 1.82) is 0 Å². The molecule has 0 bridgehead atoms. The molecule has 0 spiro atoms. The van der Waals surface area contributed by atoms with Crippen LogP contribution in [-0.2, 0) is 0 Å². The third-order valence-corrected chi connectivity index (χ3v) is 5.88. The van der Waals surface area contributed by atoms with Crippen LogP contribution < -0.4 is 4.74 Å². The molecule has 2 aromatic carbocycles. The summed E-state index contributed by atoms with van der Waals surface area (Å²) in [5, 5.41) is 0. The van der Waals surface area contributed by atoms with Crippen LogP contribution in [-0.4, -0.2) is 29.4 Å². The molecule has 1 fully saturated rings. The highest BCUT2D eigenvalue weighted by atomic mass is 32.1. The van der Waals surface area contributed by atoms with Crippen LogP contribution in [0.1, 0.15) is 47.6 Å². The predicted molar refractivity (Wildman–Crippen MR) is 105 cm³/mol. The summed E-state index contributed by atoms with van der Waals surface area (Å²) in [7, 11) is 1.67. The first-order valence-corrected chi connectivity index (χ1v) is 9.92. The van der Waals surface area contributed by atoms with Gasteiger partial charge in [0.1, 0.15) is 5.75 Å². The van der Waals surface area contributed by atoms with E-state index < -0.39 is 0 Å². The van der Waals surface area contributed by atoms with Gasteiger partial charge in [-0.05, 0) is 48.7 Å². The van der Waals surface area contributed by atoms with E-state index >= 15 is 0 Å². The molecule has 134 valence electrons. The van der Waals surface area contributed by atoms with Crippen molar-refractivity contribution < 1.29 is 9.53 Å². The minimum Gasteiger partial charge on any atom is -0.497 e. The predicted octanol–water partition coefficient (Wildman–Crippen LogP) is 5.06. The second-order valence-electron chi connectivity index (χ2n) is 6.67.